The SMILES string of the molecule is CCNC1(C(=O)OC)CCCC1CCOC(C)CC. The van der Waals surface area contributed by atoms with Crippen molar-refractivity contribution in [2.75, 3.05) is 20.3 Å². The van der Waals surface area contributed by atoms with Gasteiger partial charge >= 0.3 is 5.97 Å². The highest BCUT2D eigenvalue weighted by molar-refractivity contribution is 5.81. The predicted octanol–water partition coefficient (Wildman–Crippen LogP) is 2.51. The summed E-state index contributed by atoms with van der Waals surface area (Å²) < 4.78 is 10.8. The van der Waals surface area contributed by atoms with E-state index in [1.807, 2.05) is 6.92 Å². The maximum Gasteiger partial charge on any atom is 0.326 e. The van der Waals surface area contributed by atoms with E-state index < -0.39 is 5.54 Å². The molecule has 1 fully saturated rings. The number of hydrogen-bond donors (Lipinski definition) is 1. The molecule has 0 radical (unpaired) electrons. The molecule has 19 heavy (non-hydrogen) atoms. The van der Waals surface area contributed by atoms with Crippen molar-refractivity contribution in [1.29, 1.82) is 0 Å². The molecule has 0 aromatic carbocycles. The van der Waals surface area contributed by atoms with Crippen LogP contribution in [-0.2, 0) is 14.3 Å². The first-order chi connectivity index (χ1) is 9.10. The van der Waals surface area contributed by atoms with Crippen LogP contribution in [0.4, 0.5) is 0 Å². The third-order valence-electron chi connectivity index (χ3n) is 4.31. The average Bonchev–Trinajstić information content (AvgIpc) is 2.82. The lowest BCUT2D eigenvalue weighted by atomic mass is 9.84. The number of methoxy groups -OCH3 is 1. The van der Waals surface area contributed by atoms with Gasteiger partial charge in [0.05, 0.1) is 13.2 Å². The summed E-state index contributed by atoms with van der Waals surface area (Å²) in [5, 5.41) is 3.38. The monoisotopic (exact) mass is 271 g/mol. The van der Waals surface area contributed by atoms with Crippen LogP contribution in [-0.4, -0.2) is 37.9 Å². The van der Waals surface area contributed by atoms with Crippen molar-refractivity contribution in [1.82, 2.24) is 5.32 Å². The molecule has 4 nitrogen and oxygen atoms in total. The van der Waals surface area contributed by atoms with Gasteiger partial charge in [-0.3, -0.25) is 4.79 Å². The number of hydrogen-bond acceptors (Lipinski definition) is 4. The quantitative estimate of drug-likeness (QED) is 0.689. The number of esters is 1. The van der Waals surface area contributed by atoms with Crippen LogP contribution in [0.5, 0.6) is 0 Å². The third-order valence-corrected chi connectivity index (χ3v) is 4.31. The topological polar surface area (TPSA) is 47.6 Å². The van der Waals surface area contributed by atoms with Gasteiger partial charge in [0.25, 0.3) is 0 Å². The zero-order chi connectivity index (χ0) is 14.3. The molecule has 112 valence electrons. The van der Waals surface area contributed by atoms with Crippen LogP contribution in [0, 0.1) is 5.92 Å². The average molecular weight is 271 g/mol. The van der Waals surface area contributed by atoms with Crippen molar-refractivity contribution in [3.63, 3.8) is 0 Å². The summed E-state index contributed by atoms with van der Waals surface area (Å²) in [4.78, 5) is 12.2. The lowest BCUT2D eigenvalue weighted by Crippen LogP contribution is -2.55. The van der Waals surface area contributed by atoms with Gasteiger partial charge in [0.15, 0.2) is 0 Å². The second-order valence-corrected chi connectivity index (χ2v) is 5.46. The number of likely N-dealkylation sites (N-methyl/N-ethyl adjacent to an activating group) is 1. The largest absolute Gasteiger partial charge is 0.468 e. The number of rotatable bonds is 8. The van der Waals surface area contributed by atoms with Crippen LogP contribution in [0.2, 0.25) is 0 Å². The Morgan fingerprint density at radius 1 is 1.47 bits per heavy atom. The minimum absolute atomic E-state index is 0.111. The highest BCUT2D eigenvalue weighted by atomic mass is 16.5. The standard InChI is InChI=1S/C15H29NO3/c1-5-12(3)19-11-9-13-8-7-10-15(13,16-6-2)14(17)18-4/h12-13,16H,5-11H2,1-4H3. The van der Waals surface area contributed by atoms with Gasteiger partial charge in [-0.05, 0) is 45.1 Å². The third kappa shape index (κ3) is 3.93. The Hall–Kier alpha value is -0.610. The van der Waals surface area contributed by atoms with Crippen molar-refractivity contribution >= 4 is 5.97 Å². The van der Waals surface area contributed by atoms with Crippen LogP contribution in [0.25, 0.3) is 0 Å². The Kier molecular flexibility index (Phi) is 6.80. The second kappa shape index (κ2) is 7.85. The van der Waals surface area contributed by atoms with E-state index in [1.54, 1.807) is 0 Å². The Morgan fingerprint density at radius 3 is 2.79 bits per heavy atom. The first kappa shape index (κ1) is 16.4. The molecule has 0 amide bonds. The van der Waals surface area contributed by atoms with E-state index in [4.69, 9.17) is 9.47 Å². The summed E-state index contributed by atoms with van der Waals surface area (Å²) in [6.07, 6.45) is 5.28. The fraction of sp³-hybridized carbons (Fsp3) is 0.933. The molecular weight excluding hydrogens is 242 g/mol. The maximum absolute atomic E-state index is 12.2. The van der Waals surface area contributed by atoms with Gasteiger partial charge in [0, 0.05) is 6.61 Å². The van der Waals surface area contributed by atoms with E-state index in [9.17, 15) is 4.79 Å². The van der Waals surface area contributed by atoms with Crippen LogP contribution >= 0.6 is 0 Å². The molecule has 1 saturated carbocycles. The van der Waals surface area contributed by atoms with Gasteiger partial charge in [-0.25, -0.2) is 0 Å². The van der Waals surface area contributed by atoms with Gasteiger partial charge in [0.2, 0.25) is 0 Å². The van der Waals surface area contributed by atoms with Gasteiger partial charge in [-0.1, -0.05) is 20.3 Å². The number of ether oxygens (including phenoxy) is 2. The molecule has 0 aromatic heterocycles. The van der Waals surface area contributed by atoms with Gasteiger partial charge in [0.1, 0.15) is 5.54 Å². The molecule has 3 atom stereocenters. The van der Waals surface area contributed by atoms with Crippen molar-refractivity contribution < 1.29 is 14.3 Å². The molecule has 0 aliphatic heterocycles. The number of carbonyl (C=O) groups is 1. The lowest BCUT2D eigenvalue weighted by Gasteiger charge is -2.33. The molecule has 4 heteroatoms. The number of nitrogens with one attached hydrogen (secondary N) is 1. The fourth-order valence-electron chi connectivity index (χ4n) is 3.07. The Balaban J connectivity index is 2.61. The van der Waals surface area contributed by atoms with Crippen molar-refractivity contribution in [3.8, 4) is 0 Å². The molecule has 3 unspecified atom stereocenters. The minimum atomic E-state index is -0.484. The summed E-state index contributed by atoms with van der Waals surface area (Å²) in [7, 11) is 1.48. The molecule has 0 spiro atoms. The van der Waals surface area contributed by atoms with Gasteiger partial charge in [-0.2, -0.15) is 0 Å². The first-order valence-electron chi connectivity index (χ1n) is 7.55. The number of carbonyl (C=O) groups excluding carboxylic acids is 1. The van der Waals surface area contributed by atoms with Crippen LogP contribution in [0.1, 0.15) is 52.9 Å². The molecule has 0 heterocycles. The van der Waals surface area contributed by atoms with Crippen molar-refractivity contribution in [2.24, 2.45) is 5.92 Å². The molecular formula is C15H29NO3. The molecule has 1 aliphatic carbocycles. The Morgan fingerprint density at radius 2 is 2.21 bits per heavy atom. The maximum atomic E-state index is 12.2. The predicted molar refractivity (Wildman–Crippen MR) is 76.1 cm³/mol. The fourth-order valence-corrected chi connectivity index (χ4v) is 3.07. The van der Waals surface area contributed by atoms with Crippen LogP contribution in [0.15, 0.2) is 0 Å². The summed E-state index contributed by atoms with van der Waals surface area (Å²) in [5.41, 5.74) is -0.484. The van der Waals surface area contributed by atoms with E-state index in [0.717, 1.165) is 45.3 Å². The van der Waals surface area contributed by atoms with E-state index in [0.29, 0.717) is 12.0 Å². The normalized spacial score (nSPS) is 28.3. The van der Waals surface area contributed by atoms with Crippen LogP contribution in [0.3, 0.4) is 0 Å². The minimum Gasteiger partial charge on any atom is -0.468 e. The van der Waals surface area contributed by atoms with Gasteiger partial charge in [-0.15, -0.1) is 0 Å². The summed E-state index contributed by atoms with van der Waals surface area (Å²) in [6.45, 7) is 7.77. The molecule has 0 saturated heterocycles. The zero-order valence-corrected chi connectivity index (χ0v) is 12.8. The highest BCUT2D eigenvalue weighted by Crippen LogP contribution is 2.39. The van der Waals surface area contributed by atoms with Crippen molar-refractivity contribution in [2.45, 2.75) is 64.5 Å². The van der Waals surface area contributed by atoms with Gasteiger partial charge < -0.3 is 14.8 Å². The van der Waals surface area contributed by atoms with E-state index in [1.165, 1.54) is 7.11 Å². The molecule has 1 N–H and O–H groups in total. The Labute approximate surface area is 117 Å². The summed E-state index contributed by atoms with van der Waals surface area (Å²) >= 11 is 0. The second-order valence-electron chi connectivity index (χ2n) is 5.46. The molecule has 1 rings (SSSR count). The Bertz CT molecular complexity index is 283. The summed E-state index contributed by atoms with van der Waals surface area (Å²) in [5.74, 6) is 0.212. The van der Waals surface area contributed by atoms with E-state index in [2.05, 4.69) is 19.2 Å². The summed E-state index contributed by atoms with van der Waals surface area (Å²) in [6, 6.07) is 0. The molecule has 0 aromatic rings. The van der Waals surface area contributed by atoms with Crippen LogP contribution < -0.4 is 5.32 Å². The smallest absolute Gasteiger partial charge is 0.326 e. The zero-order valence-electron chi connectivity index (χ0n) is 12.8. The molecule has 1 aliphatic rings. The highest BCUT2D eigenvalue weighted by Gasteiger charge is 2.48. The van der Waals surface area contributed by atoms with E-state index in [-0.39, 0.29) is 5.97 Å². The van der Waals surface area contributed by atoms with E-state index >= 15 is 0 Å². The lowest BCUT2D eigenvalue weighted by molar-refractivity contribution is -0.150. The first-order valence-corrected chi connectivity index (χ1v) is 7.55. The van der Waals surface area contributed by atoms with Crippen molar-refractivity contribution in [3.05, 3.63) is 0 Å². The molecule has 0 bridgehead atoms.